The summed E-state index contributed by atoms with van der Waals surface area (Å²) in [6.07, 6.45) is 9.72. The fourth-order valence-corrected chi connectivity index (χ4v) is 2.38. The molecule has 2 N–H and O–H groups in total. The lowest BCUT2D eigenvalue weighted by molar-refractivity contribution is -0.121. The van der Waals surface area contributed by atoms with Crippen molar-refractivity contribution in [1.29, 1.82) is 0 Å². The molecule has 106 valence electrons. The Hall–Kier alpha value is -1.43. The van der Waals surface area contributed by atoms with Crippen LogP contribution in [0.5, 0.6) is 0 Å². The Bertz CT molecular complexity index is 359. The van der Waals surface area contributed by atoms with Gasteiger partial charge in [-0.05, 0) is 32.2 Å². The van der Waals surface area contributed by atoms with Crippen molar-refractivity contribution in [2.24, 2.45) is 0 Å². The molecule has 6 nitrogen and oxygen atoms in total. The number of nitrogens with one attached hydrogen (secondary N) is 2. The van der Waals surface area contributed by atoms with Gasteiger partial charge in [0.2, 0.25) is 5.91 Å². The predicted molar refractivity (Wildman–Crippen MR) is 72.5 cm³/mol. The van der Waals surface area contributed by atoms with E-state index in [9.17, 15) is 4.79 Å². The maximum absolute atomic E-state index is 11.7. The summed E-state index contributed by atoms with van der Waals surface area (Å²) >= 11 is 0. The Morgan fingerprint density at radius 1 is 1.47 bits per heavy atom. The van der Waals surface area contributed by atoms with E-state index in [0.717, 1.165) is 25.9 Å². The normalized spacial score (nSPS) is 19.3. The highest BCUT2D eigenvalue weighted by Gasteiger charge is 2.13. The Balaban J connectivity index is 1.49. The van der Waals surface area contributed by atoms with E-state index < -0.39 is 0 Å². The van der Waals surface area contributed by atoms with E-state index >= 15 is 0 Å². The van der Waals surface area contributed by atoms with Crippen molar-refractivity contribution in [3.8, 4) is 0 Å². The number of carbonyl (C=O) groups is 1. The maximum Gasteiger partial charge on any atom is 0.220 e. The van der Waals surface area contributed by atoms with Crippen LogP contribution in [-0.2, 0) is 11.3 Å². The molecule has 1 aliphatic heterocycles. The van der Waals surface area contributed by atoms with Crippen molar-refractivity contribution in [3.05, 3.63) is 12.4 Å². The van der Waals surface area contributed by atoms with E-state index in [1.165, 1.54) is 19.3 Å². The Morgan fingerprint density at radius 2 is 2.42 bits per heavy atom. The molecule has 1 fully saturated rings. The van der Waals surface area contributed by atoms with Crippen LogP contribution in [0.1, 0.15) is 38.5 Å². The molecule has 0 aromatic carbocycles. The summed E-state index contributed by atoms with van der Waals surface area (Å²) in [6.45, 7) is 2.60. The van der Waals surface area contributed by atoms with E-state index in [4.69, 9.17) is 0 Å². The van der Waals surface area contributed by atoms with Crippen molar-refractivity contribution in [2.45, 2.75) is 51.1 Å². The molecule has 0 saturated carbocycles. The topological polar surface area (TPSA) is 71.8 Å². The minimum Gasteiger partial charge on any atom is -0.356 e. The molecule has 1 saturated heterocycles. The quantitative estimate of drug-likeness (QED) is 0.712. The largest absolute Gasteiger partial charge is 0.356 e. The molecular weight excluding hydrogens is 242 g/mol. The van der Waals surface area contributed by atoms with Crippen molar-refractivity contribution >= 4 is 5.91 Å². The van der Waals surface area contributed by atoms with Gasteiger partial charge in [-0.25, -0.2) is 0 Å². The van der Waals surface area contributed by atoms with Gasteiger partial charge in [-0.3, -0.25) is 9.48 Å². The number of nitrogens with zero attached hydrogens (tertiary/aromatic N) is 3. The summed E-state index contributed by atoms with van der Waals surface area (Å²) in [4.78, 5) is 11.7. The summed E-state index contributed by atoms with van der Waals surface area (Å²) < 4.78 is 1.78. The van der Waals surface area contributed by atoms with Gasteiger partial charge in [0.1, 0.15) is 0 Å². The average Bonchev–Trinajstić information content (AvgIpc) is 2.96. The molecule has 1 aromatic heterocycles. The zero-order valence-corrected chi connectivity index (χ0v) is 11.3. The molecule has 1 atom stereocenters. The van der Waals surface area contributed by atoms with Gasteiger partial charge in [-0.1, -0.05) is 11.6 Å². The minimum absolute atomic E-state index is 0.158. The Morgan fingerprint density at radius 3 is 3.16 bits per heavy atom. The molecule has 1 unspecified atom stereocenters. The molecular formula is C13H23N5O. The van der Waals surface area contributed by atoms with Gasteiger partial charge in [0, 0.05) is 31.7 Å². The average molecular weight is 265 g/mol. The summed E-state index contributed by atoms with van der Waals surface area (Å²) in [6, 6.07) is 0.537. The molecule has 0 aliphatic carbocycles. The standard InChI is InChI=1S/C13H23N5O/c19-13(6-5-12-4-1-2-7-14-12)15-8-3-10-18-11-9-16-17-18/h9,11-12,14H,1-8,10H2,(H,15,19). The first-order valence-electron chi connectivity index (χ1n) is 7.19. The third kappa shape index (κ3) is 5.38. The number of amides is 1. The van der Waals surface area contributed by atoms with E-state index in [-0.39, 0.29) is 5.91 Å². The molecule has 0 bridgehead atoms. The SMILES string of the molecule is O=C(CCC1CCCCN1)NCCCn1ccnn1. The lowest BCUT2D eigenvalue weighted by atomic mass is 10.0. The third-order valence-corrected chi connectivity index (χ3v) is 3.49. The van der Waals surface area contributed by atoms with Crippen LogP contribution >= 0.6 is 0 Å². The van der Waals surface area contributed by atoms with Crippen LogP contribution in [0.2, 0.25) is 0 Å². The molecule has 0 radical (unpaired) electrons. The van der Waals surface area contributed by atoms with Gasteiger partial charge in [0.25, 0.3) is 0 Å². The third-order valence-electron chi connectivity index (χ3n) is 3.49. The van der Waals surface area contributed by atoms with Crippen LogP contribution in [0.3, 0.4) is 0 Å². The molecule has 2 heterocycles. The second kappa shape index (κ2) is 7.89. The van der Waals surface area contributed by atoms with Crippen molar-refractivity contribution in [3.63, 3.8) is 0 Å². The van der Waals surface area contributed by atoms with E-state index in [1.54, 1.807) is 10.9 Å². The highest BCUT2D eigenvalue weighted by atomic mass is 16.1. The van der Waals surface area contributed by atoms with Crippen LogP contribution in [0.25, 0.3) is 0 Å². The van der Waals surface area contributed by atoms with E-state index in [2.05, 4.69) is 20.9 Å². The predicted octanol–water partition coefficient (Wildman–Crippen LogP) is 0.707. The molecule has 19 heavy (non-hydrogen) atoms. The van der Waals surface area contributed by atoms with Crippen LogP contribution < -0.4 is 10.6 Å². The van der Waals surface area contributed by atoms with Crippen LogP contribution in [0.4, 0.5) is 0 Å². The Kier molecular flexibility index (Phi) is 5.81. The summed E-state index contributed by atoms with van der Waals surface area (Å²) in [5.74, 6) is 0.158. The van der Waals surface area contributed by atoms with Gasteiger partial charge in [0.05, 0.1) is 6.20 Å². The monoisotopic (exact) mass is 265 g/mol. The van der Waals surface area contributed by atoms with Crippen molar-refractivity contribution < 1.29 is 4.79 Å². The minimum atomic E-state index is 0.158. The Labute approximate surface area is 113 Å². The lowest BCUT2D eigenvalue weighted by Gasteiger charge is -2.23. The molecule has 1 aromatic rings. The fraction of sp³-hybridized carbons (Fsp3) is 0.769. The second-order valence-corrected chi connectivity index (χ2v) is 5.06. The summed E-state index contributed by atoms with van der Waals surface area (Å²) in [7, 11) is 0. The second-order valence-electron chi connectivity index (χ2n) is 5.06. The number of aromatic nitrogens is 3. The molecule has 6 heteroatoms. The van der Waals surface area contributed by atoms with Gasteiger partial charge in [-0.15, -0.1) is 5.10 Å². The smallest absolute Gasteiger partial charge is 0.220 e. The van der Waals surface area contributed by atoms with Crippen LogP contribution in [0.15, 0.2) is 12.4 Å². The highest BCUT2D eigenvalue weighted by Crippen LogP contribution is 2.11. The fourth-order valence-electron chi connectivity index (χ4n) is 2.38. The number of piperidine rings is 1. The first kappa shape index (κ1) is 14.0. The number of carbonyl (C=O) groups excluding carboxylic acids is 1. The molecule has 1 aliphatic rings. The molecule has 1 amide bonds. The first-order valence-corrected chi connectivity index (χ1v) is 7.19. The maximum atomic E-state index is 11.7. The van der Waals surface area contributed by atoms with Crippen molar-refractivity contribution in [2.75, 3.05) is 13.1 Å². The van der Waals surface area contributed by atoms with Gasteiger partial charge >= 0.3 is 0 Å². The van der Waals surface area contributed by atoms with E-state index in [0.29, 0.717) is 19.0 Å². The zero-order chi connectivity index (χ0) is 13.3. The van der Waals surface area contributed by atoms with Gasteiger partial charge < -0.3 is 10.6 Å². The number of hydrogen-bond donors (Lipinski definition) is 2. The first-order chi connectivity index (χ1) is 9.34. The lowest BCUT2D eigenvalue weighted by Crippen LogP contribution is -2.35. The number of rotatable bonds is 7. The van der Waals surface area contributed by atoms with Crippen molar-refractivity contribution in [1.82, 2.24) is 25.6 Å². The van der Waals surface area contributed by atoms with Crippen LogP contribution in [0, 0.1) is 0 Å². The van der Waals surface area contributed by atoms with Crippen LogP contribution in [-0.4, -0.2) is 40.0 Å². The molecule has 2 rings (SSSR count). The highest BCUT2D eigenvalue weighted by molar-refractivity contribution is 5.75. The van der Waals surface area contributed by atoms with Gasteiger partial charge in [0.15, 0.2) is 0 Å². The zero-order valence-electron chi connectivity index (χ0n) is 11.3. The summed E-state index contributed by atoms with van der Waals surface area (Å²) in [5.41, 5.74) is 0. The van der Waals surface area contributed by atoms with Gasteiger partial charge in [-0.2, -0.15) is 0 Å². The number of hydrogen-bond acceptors (Lipinski definition) is 4. The summed E-state index contributed by atoms with van der Waals surface area (Å²) in [5, 5.41) is 14.0. The molecule has 0 spiro atoms. The number of aryl methyl sites for hydroxylation is 1. The van der Waals surface area contributed by atoms with E-state index in [1.807, 2.05) is 6.20 Å².